The van der Waals surface area contributed by atoms with E-state index in [4.69, 9.17) is 10.2 Å². The molecule has 0 amide bonds. The first-order valence-electron chi connectivity index (χ1n) is 6.32. The van der Waals surface area contributed by atoms with Gasteiger partial charge < -0.3 is 10.2 Å². The molecule has 0 atom stereocenters. The Morgan fingerprint density at radius 1 is 1.05 bits per heavy atom. The van der Waals surface area contributed by atoms with E-state index in [0.29, 0.717) is 5.56 Å². The van der Waals surface area contributed by atoms with Gasteiger partial charge in [-0.1, -0.05) is 36.4 Å². The van der Waals surface area contributed by atoms with Gasteiger partial charge in [-0.25, -0.2) is 4.79 Å². The number of benzene rings is 2. The lowest BCUT2D eigenvalue weighted by atomic mass is 10.0. The van der Waals surface area contributed by atoms with Crippen molar-refractivity contribution < 1.29 is 15.0 Å². The highest BCUT2D eigenvalue weighted by atomic mass is 32.2. The SMILES string of the molecule is O=C(O)c1ccc(-c2cccc(CSCCO)c2)cc1. The molecule has 20 heavy (non-hydrogen) atoms. The molecule has 104 valence electrons. The van der Waals surface area contributed by atoms with E-state index in [1.165, 1.54) is 5.56 Å². The molecule has 0 radical (unpaired) electrons. The van der Waals surface area contributed by atoms with Crippen LogP contribution in [0, 0.1) is 0 Å². The van der Waals surface area contributed by atoms with Gasteiger partial charge in [0.2, 0.25) is 0 Å². The van der Waals surface area contributed by atoms with Gasteiger partial charge in [0.05, 0.1) is 12.2 Å². The van der Waals surface area contributed by atoms with E-state index in [1.54, 1.807) is 23.9 Å². The summed E-state index contributed by atoms with van der Waals surface area (Å²) >= 11 is 1.69. The number of aromatic carboxylic acids is 1. The van der Waals surface area contributed by atoms with Crippen LogP contribution in [0.4, 0.5) is 0 Å². The van der Waals surface area contributed by atoms with Crippen molar-refractivity contribution in [3.8, 4) is 11.1 Å². The van der Waals surface area contributed by atoms with E-state index in [0.717, 1.165) is 22.6 Å². The lowest BCUT2D eigenvalue weighted by molar-refractivity contribution is 0.0697. The second-order valence-electron chi connectivity index (χ2n) is 4.36. The normalized spacial score (nSPS) is 10.4. The summed E-state index contributed by atoms with van der Waals surface area (Å²) < 4.78 is 0. The predicted octanol–water partition coefficient (Wildman–Crippen LogP) is 3.28. The standard InChI is InChI=1S/C16H16O3S/c17-8-9-20-11-12-2-1-3-15(10-12)13-4-6-14(7-5-13)16(18)19/h1-7,10,17H,8-9,11H2,(H,18,19). The number of thioether (sulfide) groups is 1. The van der Waals surface area contributed by atoms with Gasteiger partial charge in [0.15, 0.2) is 0 Å². The third-order valence-electron chi connectivity index (χ3n) is 2.90. The van der Waals surface area contributed by atoms with Crippen LogP contribution in [0.3, 0.4) is 0 Å². The number of carboxylic acids is 1. The summed E-state index contributed by atoms with van der Waals surface area (Å²) in [6, 6.07) is 15.0. The smallest absolute Gasteiger partial charge is 0.335 e. The van der Waals surface area contributed by atoms with Crippen LogP contribution in [0.5, 0.6) is 0 Å². The molecule has 0 aliphatic rings. The molecule has 0 heterocycles. The molecule has 0 aliphatic carbocycles. The van der Waals surface area contributed by atoms with Crippen LogP contribution in [-0.4, -0.2) is 28.5 Å². The number of aliphatic hydroxyl groups excluding tert-OH is 1. The average molecular weight is 288 g/mol. The van der Waals surface area contributed by atoms with Crippen molar-refractivity contribution >= 4 is 17.7 Å². The van der Waals surface area contributed by atoms with E-state index in [2.05, 4.69) is 12.1 Å². The minimum Gasteiger partial charge on any atom is -0.478 e. The summed E-state index contributed by atoms with van der Waals surface area (Å²) in [5.41, 5.74) is 3.57. The van der Waals surface area contributed by atoms with Crippen molar-refractivity contribution in [1.82, 2.24) is 0 Å². The number of aliphatic hydroxyl groups is 1. The topological polar surface area (TPSA) is 57.5 Å². The Morgan fingerprint density at radius 3 is 2.45 bits per heavy atom. The first kappa shape index (κ1) is 14.6. The van der Waals surface area contributed by atoms with Crippen molar-refractivity contribution in [3.63, 3.8) is 0 Å². The highest BCUT2D eigenvalue weighted by Gasteiger charge is 2.04. The van der Waals surface area contributed by atoms with E-state index in [1.807, 2.05) is 24.3 Å². The van der Waals surface area contributed by atoms with Gasteiger partial charge in [-0.2, -0.15) is 11.8 Å². The first-order chi connectivity index (χ1) is 9.70. The largest absolute Gasteiger partial charge is 0.478 e. The highest BCUT2D eigenvalue weighted by Crippen LogP contribution is 2.23. The van der Waals surface area contributed by atoms with Gasteiger partial charge in [-0.15, -0.1) is 0 Å². The lowest BCUT2D eigenvalue weighted by Crippen LogP contribution is -1.95. The Labute approximate surface area is 122 Å². The summed E-state index contributed by atoms with van der Waals surface area (Å²) in [4.78, 5) is 10.8. The Kier molecular flexibility index (Phi) is 5.21. The molecule has 0 spiro atoms. The number of carbonyl (C=O) groups is 1. The molecule has 0 bridgehead atoms. The molecule has 3 nitrogen and oxygen atoms in total. The molecule has 2 N–H and O–H groups in total. The Morgan fingerprint density at radius 2 is 1.80 bits per heavy atom. The molecule has 0 fully saturated rings. The average Bonchev–Trinajstić information content (AvgIpc) is 2.48. The molecule has 2 aromatic rings. The Hall–Kier alpha value is -1.78. The van der Waals surface area contributed by atoms with Crippen LogP contribution < -0.4 is 0 Å². The quantitative estimate of drug-likeness (QED) is 0.801. The van der Waals surface area contributed by atoms with Crippen molar-refractivity contribution in [2.75, 3.05) is 12.4 Å². The zero-order valence-electron chi connectivity index (χ0n) is 11.0. The molecule has 4 heteroatoms. The fraction of sp³-hybridized carbons (Fsp3) is 0.188. The van der Waals surface area contributed by atoms with Gasteiger partial charge in [-0.3, -0.25) is 0 Å². The van der Waals surface area contributed by atoms with Gasteiger partial charge in [0.1, 0.15) is 0 Å². The van der Waals surface area contributed by atoms with Gasteiger partial charge in [-0.05, 0) is 28.8 Å². The maximum absolute atomic E-state index is 10.8. The first-order valence-corrected chi connectivity index (χ1v) is 7.47. The zero-order chi connectivity index (χ0) is 14.4. The number of hydrogen-bond acceptors (Lipinski definition) is 3. The fourth-order valence-electron chi connectivity index (χ4n) is 1.90. The van der Waals surface area contributed by atoms with Crippen LogP contribution in [0.2, 0.25) is 0 Å². The minimum absolute atomic E-state index is 0.195. The van der Waals surface area contributed by atoms with Crippen LogP contribution in [0.25, 0.3) is 11.1 Å². The maximum atomic E-state index is 10.8. The second-order valence-corrected chi connectivity index (χ2v) is 5.46. The Bertz CT molecular complexity index is 579. The molecule has 2 aromatic carbocycles. The molecule has 0 unspecified atom stereocenters. The van der Waals surface area contributed by atoms with Gasteiger partial charge >= 0.3 is 5.97 Å². The summed E-state index contributed by atoms with van der Waals surface area (Å²) in [5, 5.41) is 17.7. The third kappa shape index (κ3) is 3.85. The van der Waals surface area contributed by atoms with E-state index >= 15 is 0 Å². The van der Waals surface area contributed by atoms with Gasteiger partial charge in [0, 0.05) is 11.5 Å². The monoisotopic (exact) mass is 288 g/mol. The summed E-state index contributed by atoms with van der Waals surface area (Å²) in [5.74, 6) is 0.685. The van der Waals surface area contributed by atoms with Crippen molar-refractivity contribution in [1.29, 1.82) is 0 Å². The van der Waals surface area contributed by atoms with E-state index in [9.17, 15) is 4.79 Å². The fourth-order valence-corrected chi connectivity index (χ4v) is 2.59. The summed E-state index contributed by atoms with van der Waals surface area (Å²) in [6.07, 6.45) is 0. The van der Waals surface area contributed by atoms with Gasteiger partial charge in [0.25, 0.3) is 0 Å². The zero-order valence-corrected chi connectivity index (χ0v) is 11.8. The van der Waals surface area contributed by atoms with Crippen molar-refractivity contribution in [3.05, 3.63) is 59.7 Å². The van der Waals surface area contributed by atoms with Crippen LogP contribution in [-0.2, 0) is 5.75 Å². The van der Waals surface area contributed by atoms with E-state index in [-0.39, 0.29) is 6.61 Å². The molecule has 0 saturated carbocycles. The van der Waals surface area contributed by atoms with Crippen LogP contribution in [0.15, 0.2) is 48.5 Å². The molecular weight excluding hydrogens is 272 g/mol. The van der Waals surface area contributed by atoms with Crippen molar-refractivity contribution in [2.45, 2.75) is 5.75 Å². The summed E-state index contributed by atoms with van der Waals surface area (Å²) in [6.45, 7) is 0.195. The summed E-state index contributed by atoms with van der Waals surface area (Å²) in [7, 11) is 0. The second kappa shape index (κ2) is 7.12. The van der Waals surface area contributed by atoms with Crippen molar-refractivity contribution in [2.24, 2.45) is 0 Å². The molecule has 0 aromatic heterocycles. The molecule has 0 saturated heterocycles. The maximum Gasteiger partial charge on any atom is 0.335 e. The Balaban J connectivity index is 2.15. The molecule has 0 aliphatic heterocycles. The minimum atomic E-state index is -0.911. The number of rotatable bonds is 6. The highest BCUT2D eigenvalue weighted by molar-refractivity contribution is 7.98. The predicted molar refractivity (Wildman–Crippen MR) is 82.1 cm³/mol. The van der Waals surface area contributed by atoms with Crippen LogP contribution >= 0.6 is 11.8 Å². The number of carboxylic acid groups (broad SMARTS) is 1. The molecule has 2 rings (SSSR count). The van der Waals surface area contributed by atoms with E-state index < -0.39 is 5.97 Å². The van der Waals surface area contributed by atoms with Crippen LogP contribution in [0.1, 0.15) is 15.9 Å². The number of hydrogen-bond donors (Lipinski definition) is 2. The molecular formula is C16H16O3S. The lowest BCUT2D eigenvalue weighted by Gasteiger charge is -2.06. The third-order valence-corrected chi connectivity index (χ3v) is 3.91.